The van der Waals surface area contributed by atoms with Gasteiger partial charge >= 0.3 is 0 Å². The Morgan fingerprint density at radius 1 is 0.138 bits per heavy atom. The van der Waals surface area contributed by atoms with Crippen LogP contribution in [0.2, 0.25) is 0 Å². The van der Waals surface area contributed by atoms with Crippen LogP contribution in [0.1, 0.15) is 0 Å². The third-order valence-electron chi connectivity index (χ3n) is 28.8. The number of thiophene rings is 7. The molecule has 0 aliphatic carbocycles. The van der Waals surface area contributed by atoms with E-state index in [1.165, 1.54) is 268 Å². The van der Waals surface area contributed by atoms with Gasteiger partial charge in [0.05, 0.1) is 33.1 Å². The van der Waals surface area contributed by atoms with E-state index in [1.54, 1.807) is 0 Å². The van der Waals surface area contributed by atoms with E-state index in [1.807, 2.05) is 91.5 Å². The Balaban J connectivity index is 0.0000000959. The largest absolute Gasteiger partial charge is 0.456 e. The molecule has 642 valence electrons. The van der Waals surface area contributed by atoms with Gasteiger partial charge in [0.15, 0.2) is 0 Å². The lowest BCUT2D eigenvalue weighted by atomic mass is 9.98. The van der Waals surface area contributed by atoms with Crippen LogP contribution in [-0.4, -0.2) is 13.7 Å². The zero-order valence-electron chi connectivity index (χ0n) is 73.4. The number of furan rings is 2. The van der Waals surface area contributed by atoms with Gasteiger partial charge in [-0.05, 0) is 174 Å². The van der Waals surface area contributed by atoms with Gasteiger partial charge in [0.2, 0.25) is 0 Å². The molecule has 0 unspecified atom stereocenters. The Labute approximate surface area is 814 Å². The Bertz CT molecular complexity index is 10800. The summed E-state index contributed by atoms with van der Waals surface area (Å²) in [5, 5.41) is 31.0. The first-order chi connectivity index (χ1) is 68.4. The Morgan fingerprint density at radius 3 is 0.978 bits per heavy atom. The van der Waals surface area contributed by atoms with Gasteiger partial charge in [-0.25, -0.2) is 0 Å². The first-order valence-corrected chi connectivity index (χ1v) is 52.2. The van der Waals surface area contributed by atoms with Gasteiger partial charge in [0, 0.05) is 229 Å². The highest BCUT2D eigenvalue weighted by molar-refractivity contribution is 7.29. The van der Waals surface area contributed by atoms with E-state index in [9.17, 15) is 0 Å². The topological polar surface area (TPSA) is 41.1 Å². The molecule has 138 heavy (non-hydrogen) atoms. The fourth-order valence-corrected chi connectivity index (χ4v) is 31.1. The molecule has 5 nitrogen and oxygen atoms in total. The Kier molecular flexibility index (Phi) is 16.7. The number of para-hydroxylation sites is 5. The maximum atomic E-state index is 6.26. The van der Waals surface area contributed by atoms with Crippen LogP contribution < -0.4 is 0 Å². The molecule has 0 atom stereocenters. The predicted molar refractivity (Wildman–Crippen MR) is 603 cm³/mol. The zero-order chi connectivity index (χ0) is 89.8. The molecule has 0 saturated heterocycles. The second kappa shape index (κ2) is 29.8. The standard InChI is InChI=1S/2C42H23NOS2.C42H23NS3/c1-4-15-33-30(10-1)40-34(21-20-29-25-9-3-6-18-37(25)46-42(29)40)43(33)24-19-22-38-32(23-24)28-14-7-13-27(41(28)45-38)26-12-8-17-36-39(26)31-11-2-5-16-35(31)44-36;1-4-15-34-25(9-1)31-23-40-33(26-10-3-6-18-38(26)45-40)22-35(31)43(34)24-19-20-39-32(21-24)29-14-7-13-28(42(29)46-39)27-12-8-17-37-41(27)30-11-2-5-16-36(30)44-37;1-4-15-34-25(9-1)31-22-33-26-10-2-5-16-36(26)45-40(33)23-35(31)43(34)24-19-20-38-32(21-24)29-14-7-13-28(42(29)46-38)27-12-8-18-39-41(27)30-11-3-6-17-37(30)44-39/h3*1-23H. The van der Waals surface area contributed by atoms with E-state index in [-0.39, 0.29) is 0 Å². The molecule has 12 heteroatoms. The SMILES string of the molecule is c1ccc2c(c1)oc1cccc(-c3cccc4c3sc3ccc(-n5c6ccccc6c6c7sc8ccccc8c7ccc65)cc34)c12.c1ccc2c(c1)oc1cccc(-c3cccc4c3sc3ccc(-n5c6ccccc6c6cc7sc8ccccc8c7cc65)cc34)c12.c1ccc2c(c1)sc1cc3c(cc12)c1ccccc1n3-c1ccc2sc3c(-c4cccc5sc6ccccc6c45)cccc3c2c1. The van der Waals surface area contributed by atoms with E-state index in [0.29, 0.717) is 0 Å². The van der Waals surface area contributed by atoms with Crippen molar-refractivity contribution in [2.24, 2.45) is 0 Å². The summed E-state index contributed by atoms with van der Waals surface area (Å²) >= 11 is 13.2. The molecular formula is C126H69N3O2S7. The van der Waals surface area contributed by atoms with Crippen LogP contribution in [0.4, 0.5) is 0 Å². The number of hydrogen-bond acceptors (Lipinski definition) is 9. The molecule has 0 N–H and O–H groups in total. The fraction of sp³-hybridized carbons (Fsp3) is 0. The molecule has 12 aromatic heterocycles. The summed E-state index contributed by atoms with van der Waals surface area (Å²) in [5.74, 6) is 0. The van der Waals surface area contributed by atoms with Crippen molar-refractivity contribution in [1.82, 2.24) is 13.7 Å². The highest BCUT2D eigenvalue weighted by Crippen LogP contribution is 2.53. The molecular weight excluding hydrogens is 1810 g/mol. The van der Waals surface area contributed by atoms with Crippen molar-refractivity contribution < 1.29 is 8.83 Å². The van der Waals surface area contributed by atoms with Crippen LogP contribution in [0.3, 0.4) is 0 Å². The summed E-state index contributed by atoms with van der Waals surface area (Å²) < 4.78 is 38.5. The number of nitrogens with zero attached hydrogens (tertiary/aromatic N) is 3. The van der Waals surface area contributed by atoms with Crippen molar-refractivity contribution in [2.45, 2.75) is 0 Å². The Morgan fingerprint density at radius 2 is 0.457 bits per heavy atom. The van der Waals surface area contributed by atoms with Crippen molar-refractivity contribution in [2.75, 3.05) is 0 Å². The minimum Gasteiger partial charge on any atom is -0.456 e. The smallest absolute Gasteiger partial charge is 0.136 e. The normalized spacial score (nSPS) is 12.3. The van der Waals surface area contributed by atoms with E-state index in [2.05, 4.69) is 420 Å². The van der Waals surface area contributed by atoms with E-state index in [0.717, 1.165) is 33.1 Å². The van der Waals surface area contributed by atoms with Gasteiger partial charge in [-0.1, -0.05) is 261 Å². The van der Waals surface area contributed by atoms with Crippen molar-refractivity contribution in [1.29, 1.82) is 0 Å². The van der Waals surface area contributed by atoms with Crippen LogP contribution >= 0.6 is 79.4 Å². The number of benzene rings is 21. The summed E-state index contributed by atoms with van der Waals surface area (Å²) in [6.45, 7) is 0. The lowest BCUT2D eigenvalue weighted by molar-refractivity contribution is 0.668. The minimum absolute atomic E-state index is 0.928. The van der Waals surface area contributed by atoms with Crippen molar-refractivity contribution in [3.63, 3.8) is 0 Å². The molecule has 0 radical (unpaired) electrons. The van der Waals surface area contributed by atoms with Gasteiger partial charge in [-0.15, -0.1) is 79.4 Å². The maximum Gasteiger partial charge on any atom is 0.136 e. The van der Waals surface area contributed by atoms with E-state index >= 15 is 0 Å². The summed E-state index contributed by atoms with van der Waals surface area (Å²) in [6.07, 6.45) is 0. The fourth-order valence-electron chi connectivity index (χ4n) is 22.9. The molecule has 0 spiro atoms. The quantitative estimate of drug-likeness (QED) is 0.166. The second-order valence-electron chi connectivity index (χ2n) is 36.1. The molecule has 0 saturated carbocycles. The molecule has 21 aromatic carbocycles. The van der Waals surface area contributed by atoms with Crippen molar-refractivity contribution in [3.8, 4) is 50.4 Å². The van der Waals surface area contributed by atoms with Crippen LogP contribution in [-0.2, 0) is 0 Å². The van der Waals surface area contributed by atoms with E-state index < -0.39 is 0 Å². The molecule has 0 bridgehead atoms. The van der Waals surface area contributed by atoms with Crippen molar-refractivity contribution >= 4 is 330 Å². The van der Waals surface area contributed by atoms with Crippen LogP contribution in [0, 0.1) is 0 Å². The number of fused-ring (bicyclic) bond motifs is 37. The highest BCUT2D eigenvalue weighted by Gasteiger charge is 2.27. The van der Waals surface area contributed by atoms with Gasteiger partial charge in [-0.2, -0.15) is 0 Å². The third kappa shape index (κ3) is 11.4. The minimum atomic E-state index is 0.928. The molecule has 0 aliphatic heterocycles. The lowest BCUT2D eigenvalue weighted by Crippen LogP contribution is -1.93. The highest BCUT2D eigenvalue weighted by atomic mass is 32.1. The van der Waals surface area contributed by atoms with Gasteiger partial charge in [-0.3, -0.25) is 0 Å². The van der Waals surface area contributed by atoms with Crippen molar-refractivity contribution in [3.05, 3.63) is 419 Å². The summed E-state index contributed by atoms with van der Waals surface area (Å²) in [4.78, 5) is 0. The van der Waals surface area contributed by atoms with Crippen LogP contribution in [0.15, 0.2) is 427 Å². The number of hydrogen-bond donors (Lipinski definition) is 0. The monoisotopic (exact) mass is 1880 g/mol. The summed E-state index contributed by atoms with van der Waals surface area (Å²) in [5.41, 5.74) is 22.3. The number of aromatic nitrogens is 3. The predicted octanol–water partition coefficient (Wildman–Crippen LogP) is 39.7. The van der Waals surface area contributed by atoms with E-state index in [4.69, 9.17) is 8.83 Å². The summed E-state index contributed by atoms with van der Waals surface area (Å²) in [6, 6.07) is 154. The molecule has 0 fully saturated rings. The van der Waals surface area contributed by atoms with Gasteiger partial charge in [0.25, 0.3) is 0 Å². The van der Waals surface area contributed by atoms with Gasteiger partial charge in [0.1, 0.15) is 22.3 Å². The molecule has 0 amide bonds. The van der Waals surface area contributed by atoms with Crippen LogP contribution in [0.5, 0.6) is 0 Å². The van der Waals surface area contributed by atoms with Gasteiger partial charge < -0.3 is 22.5 Å². The molecule has 33 aromatic rings. The first-order valence-electron chi connectivity index (χ1n) is 46.5. The first kappa shape index (κ1) is 77.5. The Hall–Kier alpha value is -15.8. The number of rotatable bonds is 6. The zero-order valence-corrected chi connectivity index (χ0v) is 79.1. The summed E-state index contributed by atoms with van der Waals surface area (Å²) in [7, 11) is 0. The second-order valence-corrected chi connectivity index (χ2v) is 43.6. The third-order valence-corrected chi connectivity index (χ3v) is 37.1. The van der Waals surface area contributed by atoms with Crippen LogP contribution in [0.25, 0.3) is 301 Å². The average molecular weight is 1880 g/mol. The maximum absolute atomic E-state index is 6.26. The molecule has 0 aliphatic rings. The molecule has 33 rings (SSSR count). The lowest BCUT2D eigenvalue weighted by Gasteiger charge is -2.09. The average Bonchev–Trinajstić information content (AvgIpc) is 1.54. The molecule has 12 heterocycles.